The highest BCUT2D eigenvalue weighted by molar-refractivity contribution is 5.95. The van der Waals surface area contributed by atoms with Crippen molar-refractivity contribution in [2.45, 2.75) is 20.8 Å². The van der Waals surface area contributed by atoms with Crippen LogP contribution in [0.2, 0.25) is 0 Å². The van der Waals surface area contributed by atoms with Crippen molar-refractivity contribution in [1.29, 1.82) is 0 Å². The van der Waals surface area contributed by atoms with Crippen molar-refractivity contribution in [1.82, 2.24) is 0 Å². The molecule has 0 saturated carbocycles. The molecule has 1 rings (SSSR count). The maximum Gasteiger partial charge on any atom is 0.338 e. The first-order valence-corrected chi connectivity index (χ1v) is 4.99. The van der Waals surface area contributed by atoms with Crippen LogP contribution < -0.4 is 0 Å². The molecule has 1 N–H and O–H groups in total. The number of carbonyl (C=O) groups excluding carboxylic acids is 1. The molecule has 0 aliphatic carbocycles. The first kappa shape index (κ1) is 12.2. The van der Waals surface area contributed by atoms with E-state index in [-0.39, 0.29) is 5.56 Å². The highest BCUT2D eigenvalue weighted by atomic mass is 16.5. The van der Waals surface area contributed by atoms with Gasteiger partial charge in [0.15, 0.2) is 0 Å². The molecule has 0 aromatic heterocycles. The summed E-state index contributed by atoms with van der Waals surface area (Å²) in [5.74, 6) is -1.41. The van der Waals surface area contributed by atoms with Crippen LogP contribution in [0.1, 0.15) is 38.8 Å². The SMILES string of the molecule is CCOC(=O)c1cc(C)c(C(=O)O)cc1C. The average Bonchev–Trinajstić information content (AvgIpc) is 2.20. The fraction of sp³-hybridized carbons (Fsp3) is 0.333. The van der Waals surface area contributed by atoms with E-state index in [0.29, 0.717) is 23.3 Å². The minimum absolute atomic E-state index is 0.213. The van der Waals surface area contributed by atoms with E-state index in [4.69, 9.17) is 9.84 Å². The normalized spacial score (nSPS) is 9.94. The van der Waals surface area contributed by atoms with Crippen LogP contribution in [-0.2, 0) is 4.74 Å². The molecule has 0 radical (unpaired) electrons. The number of carboxylic acid groups (broad SMARTS) is 1. The van der Waals surface area contributed by atoms with Crippen LogP contribution >= 0.6 is 0 Å². The van der Waals surface area contributed by atoms with Gasteiger partial charge in [-0.3, -0.25) is 0 Å². The van der Waals surface area contributed by atoms with E-state index in [1.54, 1.807) is 26.8 Å². The number of ether oxygens (including phenoxy) is 1. The summed E-state index contributed by atoms with van der Waals surface area (Å²) in [5, 5.41) is 8.91. The van der Waals surface area contributed by atoms with Gasteiger partial charge in [0.2, 0.25) is 0 Å². The summed E-state index contributed by atoms with van der Waals surface area (Å²) >= 11 is 0. The van der Waals surface area contributed by atoms with Crippen molar-refractivity contribution in [3.05, 3.63) is 34.4 Å². The second kappa shape index (κ2) is 4.79. The maximum absolute atomic E-state index is 11.5. The minimum Gasteiger partial charge on any atom is -0.478 e. The quantitative estimate of drug-likeness (QED) is 0.796. The van der Waals surface area contributed by atoms with Gasteiger partial charge in [-0.1, -0.05) is 0 Å². The zero-order valence-electron chi connectivity index (χ0n) is 9.53. The molecule has 4 nitrogen and oxygen atoms in total. The summed E-state index contributed by atoms with van der Waals surface area (Å²) in [6.07, 6.45) is 0. The third kappa shape index (κ3) is 2.39. The van der Waals surface area contributed by atoms with E-state index < -0.39 is 11.9 Å². The Hall–Kier alpha value is -1.84. The molecule has 0 fully saturated rings. The van der Waals surface area contributed by atoms with E-state index in [1.165, 1.54) is 6.07 Å². The fourth-order valence-corrected chi connectivity index (χ4v) is 1.48. The molecule has 1 aromatic rings. The van der Waals surface area contributed by atoms with Gasteiger partial charge in [-0.05, 0) is 44.0 Å². The predicted octanol–water partition coefficient (Wildman–Crippen LogP) is 2.18. The van der Waals surface area contributed by atoms with Crippen molar-refractivity contribution in [3.8, 4) is 0 Å². The van der Waals surface area contributed by atoms with Crippen LogP contribution in [0.5, 0.6) is 0 Å². The number of hydrogen-bond donors (Lipinski definition) is 1. The molecule has 0 heterocycles. The lowest BCUT2D eigenvalue weighted by Gasteiger charge is -2.08. The highest BCUT2D eigenvalue weighted by Crippen LogP contribution is 2.17. The van der Waals surface area contributed by atoms with E-state index in [1.807, 2.05) is 0 Å². The molecule has 0 unspecified atom stereocenters. The van der Waals surface area contributed by atoms with Crippen molar-refractivity contribution in [2.75, 3.05) is 6.61 Å². The molecular formula is C12H14O4. The zero-order chi connectivity index (χ0) is 12.3. The minimum atomic E-state index is -0.990. The predicted molar refractivity (Wildman–Crippen MR) is 58.8 cm³/mol. The van der Waals surface area contributed by atoms with Crippen LogP contribution in [0.15, 0.2) is 12.1 Å². The standard InChI is InChI=1S/C12H14O4/c1-4-16-12(15)10-6-7(2)9(11(13)14)5-8(10)3/h5-6H,4H2,1-3H3,(H,13,14). The molecule has 4 heteroatoms. The molecule has 86 valence electrons. The Morgan fingerprint density at radius 1 is 1.19 bits per heavy atom. The lowest BCUT2D eigenvalue weighted by atomic mass is 10.00. The summed E-state index contributed by atoms with van der Waals surface area (Å²) in [5.41, 5.74) is 1.80. The number of hydrogen-bond acceptors (Lipinski definition) is 3. The van der Waals surface area contributed by atoms with Crippen molar-refractivity contribution < 1.29 is 19.4 Å². The Balaban J connectivity index is 3.20. The van der Waals surface area contributed by atoms with Crippen LogP contribution in [0.3, 0.4) is 0 Å². The smallest absolute Gasteiger partial charge is 0.338 e. The first-order chi connectivity index (χ1) is 7.47. The molecule has 0 aliphatic heterocycles. The fourth-order valence-electron chi connectivity index (χ4n) is 1.48. The summed E-state index contributed by atoms with van der Waals surface area (Å²) in [4.78, 5) is 22.4. The molecule has 0 amide bonds. The number of esters is 1. The van der Waals surface area contributed by atoms with Gasteiger partial charge in [0.05, 0.1) is 17.7 Å². The highest BCUT2D eigenvalue weighted by Gasteiger charge is 2.15. The second-order valence-corrected chi connectivity index (χ2v) is 3.51. The number of aromatic carboxylic acids is 1. The number of aryl methyl sites for hydroxylation is 2. The molecule has 0 bridgehead atoms. The van der Waals surface area contributed by atoms with Gasteiger partial charge in [0.1, 0.15) is 0 Å². The molecule has 0 aliphatic rings. The Kier molecular flexibility index (Phi) is 3.66. The molecule has 0 saturated heterocycles. The third-order valence-corrected chi connectivity index (χ3v) is 2.30. The van der Waals surface area contributed by atoms with Gasteiger partial charge >= 0.3 is 11.9 Å². The third-order valence-electron chi connectivity index (χ3n) is 2.30. The second-order valence-electron chi connectivity index (χ2n) is 3.51. The van der Waals surface area contributed by atoms with Crippen LogP contribution in [0.4, 0.5) is 0 Å². The number of benzene rings is 1. The van der Waals surface area contributed by atoms with E-state index in [2.05, 4.69) is 0 Å². The number of carbonyl (C=O) groups is 2. The van der Waals surface area contributed by atoms with Gasteiger partial charge in [-0.25, -0.2) is 9.59 Å². The summed E-state index contributed by atoms with van der Waals surface area (Å²) < 4.78 is 4.88. The van der Waals surface area contributed by atoms with E-state index in [0.717, 1.165) is 0 Å². The van der Waals surface area contributed by atoms with Crippen LogP contribution in [0, 0.1) is 13.8 Å². The zero-order valence-corrected chi connectivity index (χ0v) is 9.53. The monoisotopic (exact) mass is 222 g/mol. The lowest BCUT2D eigenvalue weighted by molar-refractivity contribution is 0.0524. The molecule has 1 aromatic carbocycles. The largest absolute Gasteiger partial charge is 0.478 e. The Morgan fingerprint density at radius 2 is 1.69 bits per heavy atom. The van der Waals surface area contributed by atoms with Crippen LogP contribution in [0.25, 0.3) is 0 Å². The Bertz CT molecular complexity index is 435. The average molecular weight is 222 g/mol. The van der Waals surface area contributed by atoms with Crippen molar-refractivity contribution in [2.24, 2.45) is 0 Å². The molecular weight excluding hydrogens is 208 g/mol. The van der Waals surface area contributed by atoms with Crippen molar-refractivity contribution >= 4 is 11.9 Å². The van der Waals surface area contributed by atoms with Gasteiger partial charge in [-0.2, -0.15) is 0 Å². The summed E-state index contributed by atoms with van der Waals surface area (Å²) in [6, 6.07) is 3.04. The Labute approximate surface area is 93.9 Å². The van der Waals surface area contributed by atoms with Crippen LogP contribution in [-0.4, -0.2) is 23.7 Å². The molecule has 0 atom stereocenters. The summed E-state index contributed by atoms with van der Waals surface area (Å²) in [6.45, 7) is 5.38. The van der Waals surface area contributed by atoms with Gasteiger partial charge in [0.25, 0.3) is 0 Å². The maximum atomic E-state index is 11.5. The summed E-state index contributed by atoms with van der Waals surface area (Å²) in [7, 11) is 0. The first-order valence-electron chi connectivity index (χ1n) is 4.99. The van der Waals surface area contributed by atoms with E-state index >= 15 is 0 Å². The van der Waals surface area contributed by atoms with E-state index in [9.17, 15) is 9.59 Å². The topological polar surface area (TPSA) is 63.6 Å². The molecule has 0 spiro atoms. The van der Waals surface area contributed by atoms with Crippen molar-refractivity contribution in [3.63, 3.8) is 0 Å². The van der Waals surface area contributed by atoms with Gasteiger partial charge < -0.3 is 9.84 Å². The van der Waals surface area contributed by atoms with Gasteiger partial charge in [-0.15, -0.1) is 0 Å². The Morgan fingerprint density at radius 3 is 2.19 bits per heavy atom. The lowest BCUT2D eigenvalue weighted by Crippen LogP contribution is -2.09. The molecule has 16 heavy (non-hydrogen) atoms. The number of rotatable bonds is 3. The number of carboxylic acids is 1. The van der Waals surface area contributed by atoms with Gasteiger partial charge in [0, 0.05) is 0 Å².